The van der Waals surface area contributed by atoms with Gasteiger partial charge in [-0.25, -0.2) is 0 Å². The van der Waals surface area contributed by atoms with Gasteiger partial charge in [0.25, 0.3) is 0 Å². The molecule has 0 aliphatic carbocycles. The van der Waals surface area contributed by atoms with Crippen molar-refractivity contribution in [1.29, 1.82) is 0 Å². The van der Waals surface area contributed by atoms with Crippen molar-refractivity contribution in [3.8, 4) is 0 Å². The molecule has 3 nitrogen and oxygen atoms in total. The zero-order chi connectivity index (χ0) is 8.27. The molecule has 1 unspecified atom stereocenters. The van der Waals surface area contributed by atoms with E-state index in [4.69, 9.17) is 5.11 Å². The number of aliphatic hydroxyl groups excluding tert-OH is 1. The van der Waals surface area contributed by atoms with Gasteiger partial charge in [-0.3, -0.25) is 4.90 Å². The standard InChI is InChI=1S/C8H18N2O.Y/c1-8(11)7-10-5-3-9(2)4-6-10;/h8,11H,3-7H2,1-2H3;. The van der Waals surface area contributed by atoms with E-state index >= 15 is 0 Å². The molecule has 1 radical (unpaired) electrons. The van der Waals surface area contributed by atoms with Gasteiger partial charge in [-0.15, -0.1) is 0 Å². The first-order chi connectivity index (χ1) is 5.18. The van der Waals surface area contributed by atoms with Crippen LogP contribution < -0.4 is 0 Å². The van der Waals surface area contributed by atoms with Crippen LogP contribution in [0, 0.1) is 0 Å². The van der Waals surface area contributed by atoms with Crippen molar-refractivity contribution in [2.45, 2.75) is 13.0 Å². The SMILES string of the molecule is CC(O)CN1CCN(C)CC1.[Y]. The van der Waals surface area contributed by atoms with Gasteiger partial charge in [-0.05, 0) is 14.0 Å². The zero-order valence-electron chi connectivity index (χ0n) is 8.03. The van der Waals surface area contributed by atoms with Crippen LogP contribution in [0.3, 0.4) is 0 Å². The minimum Gasteiger partial charge on any atom is -0.392 e. The fourth-order valence-electron chi connectivity index (χ4n) is 1.40. The summed E-state index contributed by atoms with van der Waals surface area (Å²) in [5.41, 5.74) is 0. The van der Waals surface area contributed by atoms with Gasteiger partial charge < -0.3 is 10.0 Å². The van der Waals surface area contributed by atoms with Crippen LogP contribution in [0.15, 0.2) is 0 Å². The van der Waals surface area contributed by atoms with E-state index in [9.17, 15) is 0 Å². The maximum Gasteiger partial charge on any atom is 0.0639 e. The zero-order valence-corrected chi connectivity index (χ0v) is 10.9. The summed E-state index contributed by atoms with van der Waals surface area (Å²) in [6.45, 7) is 7.13. The Labute approximate surface area is 100.0 Å². The van der Waals surface area contributed by atoms with Gasteiger partial charge in [0, 0.05) is 65.4 Å². The maximum atomic E-state index is 9.12. The third kappa shape index (κ3) is 4.88. The van der Waals surface area contributed by atoms with Gasteiger partial charge >= 0.3 is 0 Å². The molecule has 1 aliphatic rings. The molecule has 1 fully saturated rings. The van der Waals surface area contributed by atoms with Crippen molar-refractivity contribution < 1.29 is 37.8 Å². The summed E-state index contributed by atoms with van der Waals surface area (Å²) in [7, 11) is 2.14. The van der Waals surface area contributed by atoms with E-state index in [1.807, 2.05) is 6.92 Å². The Morgan fingerprint density at radius 3 is 2.17 bits per heavy atom. The Kier molecular flexibility index (Phi) is 6.97. The molecule has 1 N–H and O–H groups in total. The third-order valence-corrected chi connectivity index (χ3v) is 2.12. The van der Waals surface area contributed by atoms with Crippen molar-refractivity contribution in [3.05, 3.63) is 0 Å². The predicted octanol–water partition coefficient (Wildman–Crippen LogP) is -0.388. The molecule has 0 saturated carbocycles. The normalized spacial score (nSPS) is 23.2. The second kappa shape index (κ2) is 6.44. The van der Waals surface area contributed by atoms with Gasteiger partial charge in [0.2, 0.25) is 0 Å². The van der Waals surface area contributed by atoms with Crippen LogP contribution in [0.1, 0.15) is 6.92 Å². The molecule has 1 aliphatic heterocycles. The Morgan fingerprint density at radius 1 is 1.25 bits per heavy atom. The minimum atomic E-state index is -0.182. The Balaban J connectivity index is 0.00000121. The number of hydrogen-bond acceptors (Lipinski definition) is 3. The monoisotopic (exact) mass is 247 g/mol. The number of nitrogens with zero attached hydrogens (tertiary/aromatic N) is 2. The number of β-amino-alcohol motifs (C(OH)–C–C–N with tert-alkyl or cyclic N) is 1. The van der Waals surface area contributed by atoms with Crippen LogP contribution in [-0.2, 0) is 32.7 Å². The summed E-state index contributed by atoms with van der Waals surface area (Å²) in [5, 5.41) is 9.12. The molecule has 0 aromatic carbocycles. The predicted molar refractivity (Wildman–Crippen MR) is 45.6 cm³/mol. The van der Waals surface area contributed by atoms with Crippen molar-refractivity contribution >= 4 is 0 Å². The average Bonchev–Trinajstić information content (AvgIpc) is 1.93. The number of piperazine rings is 1. The van der Waals surface area contributed by atoms with E-state index in [-0.39, 0.29) is 38.8 Å². The molecule has 69 valence electrons. The summed E-state index contributed by atoms with van der Waals surface area (Å²) >= 11 is 0. The van der Waals surface area contributed by atoms with E-state index < -0.39 is 0 Å². The summed E-state index contributed by atoms with van der Waals surface area (Å²) in [6, 6.07) is 0. The van der Waals surface area contributed by atoms with E-state index in [2.05, 4.69) is 16.8 Å². The number of likely N-dealkylation sites (N-methyl/N-ethyl adjacent to an activating group) is 1. The molecule has 0 spiro atoms. The van der Waals surface area contributed by atoms with Crippen LogP contribution in [0.4, 0.5) is 0 Å². The smallest absolute Gasteiger partial charge is 0.0639 e. The first kappa shape index (κ1) is 13.0. The molecule has 0 bridgehead atoms. The van der Waals surface area contributed by atoms with E-state index in [0.29, 0.717) is 0 Å². The molecule has 1 atom stereocenters. The molecular weight excluding hydrogens is 229 g/mol. The molecule has 1 rings (SSSR count). The first-order valence-electron chi connectivity index (χ1n) is 4.27. The topological polar surface area (TPSA) is 26.7 Å². The summed E-state index contributed by atoms with van der Waals surface area (Å²) < 4.78 is 0. The molecule has 4 heteroatoms. The van der Waals surface area contributed by atoms with Gasteiger partial charge in [0.1, 0.15) is 0 Å². The van der Waals surface area contributed by atoms with E-state index in [0.717, 1.165) is 32.7 Å². The number of hydrogen-bond donors (Lipinski definition) is 1. The van der Waals surface area contributed by atoms with Gasteiger partial charge in [0.05, 0.1) is 6.10 Å². The van der Waals surface area contributed by atoms with Crippen molar-refractivity contribution in [1.82, 2.24) is 9.80 Å². The second-order valence-electron chi connectivity index (χ2n) is 3.45. The van der Waals surface area contributed by atoms with Crippen LogP contribution in [0.2, 0.25) is 0 Å². The first-order valence-corrected chi connectivity index (χ1v) is 4.27. The summed E-state index contributed by atoms with van der Waals surface area (Å²) in [5.74, 6) is 0. The van der Waals surface area contributed by atoms with E-state index in [1.54, 1.807) is 0 Å². The summed E-state index contributed by atoms with van der Waals surface area (Å²) in [4.78, 5) is 4.63. The molecule has 0 aromatic rings. The Morgan fingerprint density at radius 2 is 1.75 bits per heavy atom. The summed E-state index contributed by atoms with van der Waals surface area (Å²) in [6.07, 6.45) is -0.182. The second-order valence-corrected chi connectivity index (χ2v) is 3.45. The minimum absolute atomic E-state index is 0. The quantitative estimate of drug-likeness (QED) is 0.720. The van der Waals surface area contributed by atoms with Gasteiger partial charge in [-0.1, -0.05) is 0 Å². The molecule has 1 saturated heterocycles. The number of rotatable bonds is 2. The largest absolute Gasteiger partial charge is 0.392 e. The van der Waals surface area contributed by atoms with Crippen molar-refractivity contribution in [3.63, 3.8) is 0 Å². The average molecular weight is 247 g/mol. The van der Waals surface area contributed by atoms with Crippen LogP contribution >= 0.6 is 0 Å². The van der Waals surface area contributed by atoms with Crippen molar-refractivity contribution in [2.24, 2.45) is 0 Å². The number of aliphatic hydroxyl groups is 1. The van der Waals surface area contributed by atoms with Crippen LogP contribution in [0.5, 0.6) is 0 Å². The third-order valence-electron chi connectivity index (χ3n) is 2.12. The van der Waals surface area contributed by atoms with Crippen LogP contribution in [-0.4, -0.2) is 60.8 Å². The molecule has 0 amide bonds. The van der Waals surface area contributed by atoms with Gasteiger partial charge in [-0.2, -0.15) is 0 Å². The van der Waals surface area contributed by atoms with Crippen molar-refractivity contribution in [2.75, 3.05) is 39.8 Å². The fourth-order valence-corrected chi connectivity index (χ4v) is 1.40. The Hall–Kier alpha value is 0.984. The van der Waals surface area contributed by atoms with E-state index in [1.165, 1.54) is 0 Å². The molecule has 0 aromatic heterocycles. The van der Waals surface area contributed by atoms with Gasteiger partial charge in [0.15, 0.2) is 0 Å². The molecule has 1 heterocycles. The molecule has 12 heavy (non-hydrogen) atoms. The van der Waals surface area contributed by atoms with Crippen LogP contribution in [0.25, 0.3) is 0 Å². The molecular formula is C8H18N2OY. The fraction of sp³-hybridized carbons (Fsp3) is 1.00. The maximum absolute atomic E-state index is 9.12. The Bertz CT molecular complexity index is 114.